The number of nitrogens with one attached hydrogen (secondary N) is 1. The van der Waals surface area contributed by atoms with Gasteiger partial charge in [0.2, 0.25) is 5.91 Å². The van der Waals surface area contributed by atoms with Gasteiger partial charge >= 0.3 is 12.0 Å². The summed E-state index contributed by atoms with van der Waals surface area (Å²) in [5, 5.41) is 2.94. The molecule has 0 unspecified atom stereocenters. The van der Waals surface area contributed by atoms with Crippen LogP contribution in [0.15, 0.2) is 0 Å². The molecule has 0 aromatic carbocycles. The fourth-order valence-corrected chi connectivity index (χ4v) is 5.17. The van der Waals surface area contributed by atoms with Crippen LogP contribution in [-0.4, -0.2) is 104 Å². The predicted molar refractivity (Wildman–Crippen MR) is 129 cm³/mol. The molecule has 0 spiro atoms. The van der Waals surface area contributed by atoms with Gasteiger partial charge < -0.3 is 24.8 Å². The molecule has 3 amide bonds. The van der Waals surface area contributed by atoms with Crippen LogP contribution in [0.1, 0.15) is 51.9 Å². The molecule has 0 bridgehead atoms. The van der Waals surface area contributed by atoms with E-state index in [-0.39, 0.29) is 17.9 Å². The molecule has 0 aromatic rings. The molecule has 2 aliphatic rings. The Morgan fingerprint density at radius 2 is 1.75 bits per heavy atom. The summed E-state index contributed by atoms with van der Waals surface area (Å²) in [6.07, 6.45) is 7.80. The number of piperazine rings is 1. The molecule has 1 aliphatic heterocycles. The van der Waals surface area contributed by atoms with Crippen molar-refractivity contribution in [2.24, 2.45) is 5.92 Å². The standard InChI is InChI=1S/C23H42N4O4S/c1-19(22(29)26-14-12-25(2)13-15-26)24-23(30)27(11-9-20-7-5-4-6-8-20)16-18-32-17-10-21(28)31-3/h19-20H,4-18H2,1-3H3,(H,24,30)/t19-/m0/s1. The normalized spacial score (nSPS) is 18.8. The molecular weight excluding hydrogens is 428 g/mol. The van der Waals surface area contributed by atoms with E-state index in [1.54, 1.807) is 18.7 Å². The van der Waals surface area contributed by atoms with E-state index < -0.39 is 6.04 Å². The van der Waals surface area contributed by atoms with Crippen molar-refractivity contribution in [2.75, 3.05) is 64.9 Å². The van der Waals surface area contributed by atoms with Gasteiger partial charge in [0.15, 0.2) is 0 Å². The molecule has 1 saturated carbocycles. The zero-order valence-corrected chi connectivity index (χ0v) is 21.0. The largest absolute Gasteiger partial charge is 0.469 e. The SMILES string of the molecule is COC(=O)CCSCCN(CCC1CCCCC1)C(=O)N[C@@H](C)C(=O)N1CCN(C)CC1. The highest BCUT2D eigenvalue weighted by molar-refractivity contribution is 7.99. The van der Waals surface area contributed by atoms with Crippen LogP contribution in [0.25, 0.3) is 0 Å². The maximum absolute atomic E-state index is 13.0. The van der Waals surface area contributed by atoms with Crippen molar-refractivity contribution in [2.45, 2.75) is 57.9 Å². The highest BCUT2D eigenvalue weighted by Gasteiger charge is 2.26. The minimum Gasteiger partial charge on any atom is -0.469 e. The maximum Gasteiger partial charge on any atom is 0.318 e. The Morgan fingerprint density at radius 1 is 1.06 bits per heavy atom. The Labute approximate surface area is 197 Å². The number of hydrogen-bond donors (Lipinski definition) is 1. The lowest BCUT2D eigenvalue weighted by Crippen LogP contribution is -2.55. The van der Waals surface area contributed by atoms with E-state index in [1.807, 2.05) is 9.80 Å². The summed E-state index contributed by atoms with van der Waals surface area (Å²) in [5.41, 5.74) is 0. The van der Waals surface area contributed by atoms with E-state index in [0.717, 1.165) is 25.3 Å². The van der Waals surface area contributed by atoms with Gasteiger partial charge in [-0.3, -0.25) is 9.59 Å². The Hall–Kier alpha value is -1.48. The number of nitrogens with zero attached hydrogens (tertiary/aromatic N) is 3. The van der Waals surface area contributed by atoms with Crippen molar-refractivity contribution in [3.8, 4) is 0 Å². The Bertz CT molecular complexity index is 593. The van der Waals surface area contributed by atoms with Gasteiger partial charge in [0.25, 0.3) is 0 Å². The second-order valence-corrected chi connectivity index (χ2v) is 10.2. The van der Waals surface area contributed by atoms with Crippen molar-refractivity contribution in [3.05, 3.63) is 0 Å². The van der Waals surface area contributed by atoms with E-state index in [1.165, 1.54) is 39.2 Å². The molecule has 1 aliphatic carbocycles. The van der Waals surface area contributed by atoms with Crippen LogP contribution in [-0.2, 0) is 14.3 Å². The maximum atomic E-state index is 13.0. The fraction of sp³-hybridized carbons (Fsp3) is 0.870. The van der Waals surface area contributed by atoms with E-state index in [9.17, 15) is 14.4 Å². The summed E-state index contributed by atoms with van der Waals surface area (Å²) in [6.45, 7) is 6.24. The molecule has 0 aromatic heterocycles. The number of carbonyl (C=O) groups is 3. The summed E-state index contributed by atoms with van der Waals surface area (Å²) >= 11 is 1.65. The highest BCUT2D eigenvalue weighted by atomic mass is 32.2. The smallest absolute Gasteiger partial charge is 0.318 e. The van der Waals surface area contributed by atoms with Gasteiger partial charge in [-0.2, -0.15) is 11.8 Å². The van der Waals surface area contributed by atoms with E-state index in [2.05, 4.69) is 22.0 Å². The minimum absolute atomic E-state index is 0.00821. The van der Waals surface area contributed by atoms with Crippen LogP contribution < -0.4 is 5.32 Å². The molecule has 2 rings (SSSR count). The average Bonchev–Trinajstić information content (AvgIpc) is 2.81. The molecule has 32 heavy (non-hydrogen) atoms. The molecule has 1 N–H and O–H groups in total. The van der Waals surface area contributed by atoms with Crippen molar-refractivity contribution in [3.63, 3.8) is 0 Å². The van der Waals surface area contributed by atoms with Crippen LogP contribution in [0.3, 0.4) is 0 Å². The number of thioether (sulfide) groups is 1. The van der Waals surface area contributed by atoms with Crippen LogP contribution in [0, 0.1) is 5.92 Å². The zero-order chi connectivity index (χ0) is 23.3. The molecule has 9 heteroatoms. The van der Waals surface area contributed by atoms with Crippen molar-refractivity contribution in [1.29, 1.82) is 0 Å². The second kappa shape index (κ2) is 14.6. The van der Waals surface area contributed by atoms with Crippen LogP contribution in [0.5, 0.6) is 0 Å². The van der Waals surface area contributed by atoms with E-state index in [4.69, 9.17) is 0 Å². The van der Waals surface area contributed by atoms with Gasteiger partial charge in [0, 0.05) is 50.8 Å². The monoisotopic (exact) mass is 470 g/mol. The Balaban J connectivity index is 1.83. The minimum atomic E-state index is -0.532. The number of likely N-dealkylation sites (N-methyl/N-ethyl adjacent to an activating group) is 1. The number of ether oxygens (including phenoxy) is 1. The first kappa shape index (κ1) is 26.8. The molecule has 184 valence electrons. The van der Waals surface area contributed by atoms with E-state index in [0.29, 0.717) is 44.3 Å². The zero-order valence-electron chi connectivity index (χ0n) is 20.1. The van der Waals surface area contributed by atoms with Crippen molar-refractivity contribution < 1.29 is 19.1 Å². The van der Waals surface area contributed by atoms with Crippen LogP contribution in [0.2, 0.25) is 0 Å². The quantitative estimate of drug-likeness (QED) is 0.369. The number of amides is 3. The average molecular weight is 471 g/mol. The summed E-state index contributed by atoms with van der Waals surface area (Å²) in [4.78, 5) is 43.0. The number of esters is 1. The molecule has 8 nitrogen and oxygen atoms in total. The van der Waals surface area contributed by atoms with Crippen molar-refractivity contribution >= 4 is 29.7 Å². The molecule has 2 fully saturated rings. The third-order valence-electron chi connectivity index (χ3n) is 6.53. The number of carbonyl (C=O) groups excluding carboxylic acids is 3. The second-order valence-electron chi connectivity index (χ2n) is 9.02. The molecule has 1 saturated heterocycles. The first-order chi connectivity index (χ1) is 15.4. The van der Waals surface area contributed by atoms with Gasteiger partial charge in [0.05, 0.1) is 13.5 Å². The number of urea groups is 1. The molecule has 1 atom stereocenters. The highest BCUT2D eigenvalue weighted by Crippen LogP contribution is 2.26. The Morgan fingerprint density at radius 3 is 2.41 bits per heavy atom. The van der Waals surface area contributed by atoms with Crippen LogP contribution >= 0.6 is 11.8 Å². The van der Waals surface area contributed by atoms with E-state index >= 15 is 0 Å². The first-order valence-corrected chi connectivity index (χ1v) is 13.2. The van der Waals surface area contributed by atoms with Gasteiger partial charge in [-0.15, -0.1) is 0 Å². The van der Waals surface area contributed by atoms with Gasteiger partial charge in [-0.1, -0.05) is 32.1 Å². The molecule has 0 radical (unpaired) electrons. The first-order valence-electron chi connectivity index (χ1n) is 12.1. The number of rotatable bonds is 11. The lowest BCUT2D eigenvalue weighted by Gasteiger charge is -2.34. The molecular formula is C23H42N4O4S. The van der Waals surface area contributed by atoms with Gasteiger partial charge in [-0.05, 0) is 26.3 Å². The molecule has 1 heterocycles. The lowest BCUT2D eigenvalue weighted by atomic mass is 9.87. The third-order valence-corrected chi connectivity index (χ3v) is 7.49. The van der Waals surface area contributed by atoms with Crippen molar-refractivity contribution in [1.82, 2.24) is 20.0 Å². The topological polar surface area (TPSA) is 82.2 Å². The predicted octanol–water partition coefficient (Wildman–Crippen LogP) is 2.43. The number of methoxy groups -OCH3 is 1. The summed E-state index contributed by atoms with van der Waals surface area (Å²) in [7, 11) is 3.45. The third kappa shape index (κ3) is 9.57. The lowest BCUT2D eigenvalue weighted by molar-refractivity contribution is -0.140. The fourth-order valence-electron chi connectivity index (χ4n) is 4.30. The number of hydrogen-bond acceptors (Lipinski definition) is 6. The Kier molecular flexibility index (Phi) is 12.2. The summed E-state index contributed by atoms with van der Waals surface area (Å²) in [5.74, 6) is 1.92. The van der Waals surface area contributed by atoms with Gasteiger partial charge in [0.1, 0.15) is 6.04 Å². The van der Waals surface area contributed by atoms with Gasteiger partial charge in [-0.25, -0.2) is 4.79 Å². The summed E-state index contributed by atoms with van der Waals surface area (Å²) in [6, 6.07) is -0.695. The van der Waals surface area contributed by atoms with Crippen LogP contribution in [0.4, 0.5) is 4.79 Å². The summed E-state index contributed by atoms with van der Waals surface area (Å²) < 4.78 is 4.68.